The van der Waals surface area contributed by atoms with E-state index in [9.17, 15) is 0 Å². The molecule has 0 aliphatic rings. The van der Waals surface area contributed by atoms with Crippen molar-refractivity contribution in [2.24, 2.45) is 0 Å². The van der Waals surface area contributed by atoms with E-state index in [0.29, 0.717) is 0 Å². The molecule has 0 saturated heterocycles. The summed E-state index contributed by atoms with van der Waals surface area (Å²) in [5.41, 5.74) is 3.20. The van der Waals surface area contributed by atoms with Crippen molar-refractivity contribution in [1.82, 2.24) is 4.98 Å². The Hall–Kier alpha value is -1.10. The quantitative estimate of drug-likeness (QED) is 0.633. The zero-order valence-corrected chi connectivity index (χ0v) is 13.2. The Labute approximate surface area is 128 Å². The summed E-state index contributed by atoms with van der Waals surface area (Å²) < 4.78 is 2.16. The smallest absolute Gasteiger partial charge is 0.188 e. The number of fused-ring (bicyclic) bond motifs is 1. The van der Waals surface area contributed by atoms with Gasteiger partial charge in [-0.2, -0.15) is 0 Å². The van der Waals surface area contributed by atoms with Crippen molar-refractivity contribution in [3.8, 4) is 0 Å². The maximum absolute atomic E-state index is 5.98. The van der Waals surface area contributed by atoms with Gasteiger partial charge in [-0.1, -0.05) is 38.9 Å². The van der Waals surface area contributed by atoms with Crippen LogP contribution in [0.3, 0.4) is 0 Å². The molecule has 0 aliphatic carbocycles. The van der Waals surface area contributed by atoms with Crippen molar-refractivity contribution in [2.45, 2.75) is 6.92 Å². The van der Waals surface area contributed by atoms with Gasteiger partial charge in [-0.15, -0.1) is 0 Å². The summed E-state index contributed by atoms with van der Waals surface area (Å²) in [6.07, 6.45) is 0. The van der Waals surface area contributed by atoms with Gasteiger partial charge in [0, 0.05) is 15.2 Å². The minimum atomic E-state index is 0.738. The molecule has 5 heteroatoms. The third kappa shape index (κ3) is 2.76. The van der Waals surface area contributed by atoms with Crippen LogP contribution in [0.1, 0.15) is 5.56 Å². The lowest BCUT2D eigenvalue weighted by Gasteiger charge is -2.06. The molecule has 0 fully saturated rings. The predicted molar refractivity (Wildman–Crippen MR) is 86.8 cm³/mol. The maximum atomic E-state index is 5.98. The monoisotopic (exact) mass is 352 g/mol. The van der Waals surface area contributed by atoms with E-state index in [1.165, 1.54) is 5.56 Å². The number of nitrogens with one attached hydrogen (secondary N) is 1. The SMILES string of the molecule is Cc1cc(Br)ccc1Nc1nc2ccc(Cl)cc2s1. The molecule has 3 aromatic rings. The molecular formula is C14H10BrClN2S. The number of nitrogens with zero attached hydrogens (tertiary/aromatic N) is 1. The molecule has 2 aromatic carbocycles. The number of hydrogen-bond donors (Lipinski definition) is 1. The molecule has 1 N–H and O–H groups in total. The van der Waals surface area contributed by atoms with E-state index >= 15 is 0 Å². The van der Waals surface area contributed by atoms with Crippen LogP contribution in [0.5, 0.6) is 0 Å². The fourth-order valence-electron chi connectivity index (χ4n) is 1.83. The van der Waals surface area contributed by atoms with E-state index in [2.05, 4.69) is 39.2 Å². The van der Waals surface area contributed by atoms with E-state index in [1.807, 2.05) is 30.3 Å². The summed E-state index contributed by atoms with van der Waals surface area (Å²) in [4.78, 5) is 4.55. The Morgan fingerprint density at radius 3 is 2.84 bits per heavy atom. The summed E-state index contributed by atoms with van der Waals surface area (Å²) in [5, 5.41) is 4.97. The number of aryl methyl sites for hydroxylation is 1. The van der Waals surface area contributed by atoms with Crippen LogP contribution in [0.25, 0.3) is 10.2 Å². The molecule has 0 aliphatic heterocycles. The van der Waals surface area contributed by atoms with E-state index in [-0.39, 0.29) is 0 Å². The highest BCUT2D eigenvalue weighted by atomic mass is 79.9. The van der Waals surface area contributed by atoms with Gasteiger partial charge in [-0.25, -0.2) is 4.98 Å². The Balaban J connectivity index is 1.96. The second-order valence-corrected chi connectivity index (χ2v) is 6.60. The summed E-state index contributed by atoms with van der Waals surface area (Å²) in [5.74, 6) is 0. The normalized spacial score (nSPS) is 10.9. The minimum Gasteiger partial charge on any atom is -0.331 e. The first-order valence-electron chi connectivity index (χ1n) is 5.71. The van der Waals surface area contributed by atoms with Gasteiger partial charge in [0.2, 0.25) is 0 Å². The second-order valence-electron chi connectivity index (χ2n) is 4.22. The van der Waals surface area contributed by atoms with Crippen molar-refractivity contribution >= 4 is 59.9 Å². The van der Waals surface area contributed by atoms with E-state index in [4.69, 9.17) is 11.6 Å². The van der Waals surface area contributed by atoms with Gasteiger partial charge in [0.1, 0.15) is 0 Å². The summed E-state index contributed by atoms with van der Waals surface area (Å²) in [7, 11) is 0. The zero-order chi connectivity index (χ0) is 13.4. The fraction of sp³-hybridized carbons (Fsp3) is 0.0714. The van der Waals surface area contributed by atoms with Crippen LogP contribution in [0, 0.1) is 6.92 Å². The molecule has 0 bridgehead atoms. The number of hydrogen-bond acceptors (Lipinski definition) is 3. The van der Waals surface area contributed by atoms with Gasteiger partial charge >= 0.3 is 0 Å². The minimum absolute atomic E-state index is 0.738. The van der Waals surface area contributed by atoms with Crippen LogP contribution in [0.2, 0.25) is 5.02 Å². The first-order chi connectivity index (χ1) is 9.11. The average molecular weight is 354 g/mol. The first-order valence-corrected chi connectivity index (χ1v) is 7.70. The molecule has 1 aromatic heterocycles. The van der Waals surface area contributed by atoms with Crippen LogP contribution in [-0.2, 0) is 0 Å². The Bertz CT molecular complexity index is 754. The molecular weight excluding hydrogens is 344 g/mol. The molecule has 96 valence electrons. The van der Waals surface area contributed by atoms with Crippen LogP contribution < -0.4 is 5.32 Å². The molecule has 19 heavy (non-hydrogen) atoms. The van der Waals surface area contributed by atoms with Gasteiger partial charge in [0.25, 0.3) is 0 Å². The van der Waals surface area contributed by atoms with E-state index < -0.39 is 0 Å². The molecule has 1 heterocycles. The first kappa shape index (κ1) is 12.9. The van der Waals surface area contributed by atoms with Crippen molar-refractivity contribution in [3.63, 3.8) is 0 Å². The van der Waals surface area contributed by atoms with Gasteiger partial charge in [0.15, 0.2) is 5.13 Å². The van der Waals surface area contributed by atoms with Gasteiger partial charge in [-0.05, 0) is 48.9 Å². The Morgan fingerprint density at radius 2 is 2.05 bits per heavy atom. The Morgan fingerprint density at radius 1 is 1.21 bits per heavy atom. The zero-order valence-electron chi connectivity index (χ0n) is 10.1. The number of halogens is 2. The van der Waals surface area contributed by atoms with Crippen LogP contribution in [0.15, 0.2) is 40.9 Å². The van der Waals surface area contributed by atoms with Crippen molar-refractivity contribution < 1.29 is 0 Å². The fourth-order valence-corrected chi connectivity index (χ4v) is 3.46. The Kier molecular flexibility index (Phi) is 3.48. The number of aromatic nitrogens is 1. The lowest BCUT2D eigenvalue weighted by atomic mass is 10.2. The second kappa shape index (κ2) is 5.12. The summed E-state index contributed by atoms with van der Waals surface area (Å²) in [6.45, 7) is 2.07. The average Bonchev–Trinajstić information content (AvgIpc) is 2.74. The van der Waals surface area contributed by atoms with Crippen LogP contribution >= 0.6 is 38.9 Å². The van der Waals surface area contributed by atoms with Crippen LogP contribution in [-0.4, -0.2) is 4.98 Å². The van der Waals surface area contributed by atoms with Gasteiger partial charge in [-0.3, -0.25) is 0 Å². The lowest BCUT2D eigenvalue weighted by Crippen LogP contribution is -1.91. The third-order valence-corrected chi connectivity index (χ3v) is 4.44. The van der Waals surface area contributed by atoms with Crippen LogP contribution in [0.4, 0.5) is 10.8 Å². The van der Waals surface area contributed by atoms with E-state index in [1.54, 1.807) is 11.3 Å². The molecule has 0 spiro atoms. The highest BCUT2D eigenvalue weighted by Gasteiger charge is 2.06. The molecule has 0 atom stereocenters. The third-order valence-electron chi connectivity index (χ3n) is 2.78. The molecule has 0 unspecified atom stereocenters. The van der Waals surface area contributed by atoms with Gasteiger partial charge in [0.05, 0.1) is 10.2 Å². The predicted octanol–water partition coefficient (Wildman–Crippen LogP) is 5.76. The standard InChI is InChI=1S/C14H10BrClN2S/c1-8-6-9(15)2-4-11(8)17-14-18-12-5-3-10(16)7-13(12)19-14/h2-7H,1H3,(H,17,18). The molecule has 0 radical (unpaired) electrons. The summed E-state index contributed by atoms with van der Waals surface area (Å²) >= 11 is 11.0. The van der Waals surface area contributed by atoms with E-state index in [0.717, 1.165) is 30.5 Å². The molecule has 2 nitrogen and oxygen atoms in total. The summed E-state index contributed by atoms with van der Waals surface area (Å²) in [6, 6.07) is 11.9. The van der Waals surface area contributed by atoms with Crippen molar-refractivity contribution in [3.05, 3.63) is 51.5 Å². The topological polar surface area (TPSA) is 24.9 Å². The number of thiazole rings is 1. The van der Waals surface area contributed by atoms with Crippen molar-refractivity contribution in [2.75, 3.05) is 5.32 Å². The van der Waals surface area contributed by atoms with Gasteiger partial charge < -0.3 is 5.32 Å². The largest absolute Gasteiger partial charge is 0.331 e. The van der Waals surface area contributed by atoms with Crippen molar-refractivity contribution in [1.29, 1.82) is 0 Å². The highest BCUT2D eigenvalue weighted by molar-refractivity contribution is 9.10. The molecule has 0 saturated carbocycles. The number of benzene rings is 2. The number of rotatable bonds is 2. The maximum Gasteiger partial charge on any atom is 0.188 e. The molecule has 3 rings (SSSR count). The molecule has 0 amide bonds. The highest BCUT2D eigenvalue weighted by Crippen LogP contribution is 2.31. The lowest BCUT2D eigenvalue weighted by molar-refractivity contribution is 1.39. The number of anilines is 2.